The quantitative estimate of drug-likeness (QED) is 0.659. The highest BCUT2D eigenvalue weighted by Gasteiger charge is 2.21. The highest BCUT2D eigenvalue weighted by molar-refractivity contribution is 7.89. The number of sulfonamides is 1. The summed E-state index contributed by atoms with van der Waals surface area (Å²) in [7, 11) is -3.56. The summed E-state index contributed by atoms with van der Waals surface area (Å²) in [6.07, 6.45) is 0. The number of hydrogen-bond acceptors (Lipinski definition) is 5. The first-order valence-corrected chi connectivity index (χ1v) is 10.2. The van der Waals surface area contributed by atoms with Crippen molar-refractivity contribution in [2.24, 2.45) is 0 Å². The van der Waals surface area contributed by atoms with Gasteiger partial charge in [-0.15, -0.1) is 0 Å². The molecule has 3 aromatic rings. The summed E-state index contributed by atoms with van der Waals surface area (Å²) >= 11 is 0. The summed E-state index contributed by atoms with van der Waals surface area (Å²) in [5.74, 6) is -0.508. The van der Waals surface area contributed by atoms with Crippen LogP contribution in [-0.4, -0.2) is 41.9 Å². The third kappa shape index (κ3) is 3.67. The van der Waals surface area contributed by atoms with Crippen LogP contribution in [0.15, 0.2) is 58.2 Å². The van der Waals surface area contributed by atoms with Gasteiger partial charge in [-0.3, -0.25) is 9.59 Å². The lowest BCUT2D eigenvalue weighted by Gasteiger charge is -2.18. The smallest absolute Gasteiger partial charge is 0.276 e. The second-order valence-electron chi connectivity index (χ2n) is 6.01. The molecule has 0 aliphatic carbocycles. The molecule has 3 rings (SSSR count). The van der Waals surface area contributed by atoms with Gasteiger partial charge in [0.1, 0.15) is 0 Å². The summed E-state index contributed by atoms with van der Waals surface area (Å²) in [5, 5.41) is 9.64. The number of hydrogen-bond donors (Lipinski definition) is 2. The van der Waals surface area contributed by atoms with Crippen molar-refractivity contribution in [3.05, 3.63) is 64.6 Å². The highest BCUT2D eigenvalue weighted by Crippen LogP contribution is 2.19. The van der Waals surface area contributed by atoms with Gasteiger partial charge in [0.15, 0.2) is 5.69 Å². The van der Waals surface area contributed by atoms with E-state index in [4.69, 9.17) is 0 Å². The standard InChI is InChI=1S/C19H20N4O4S/c1-3-23(4-2)28(26,27)14-11-9-13(10-12-14)20-19(25)17-15-7-5-6-8-16(15)18(24)22-21-17/h5-12H,3-4H2,1-2H3,(H,20,25)(H,22,24). The number of anilines is 1. The second kappa shape index (κ2) is 7.91. The van der Waals surface area contributed by atoms with Crippen LogP contribution < -0.4 is 10.9 Å². The van der Waals surface area contributed by atoms with E-state index in [0.29, 0.717) is 29.5 Å². The van der Waals surface area contributed by atoms with Gasteiger partial charge in [-0.2, -0.15) is 9.40 Å². The molecule has 1 aromatic heterocycles. The molecule has 8 nitrogen and oxygen atoms in total. The number of carbonyl (C=O) groups excluding carboxylic acids is 1. The molecule has 0 unspecified atom stereocenters. The van der Waals surface area contributed by atoms with Gasteiger partial charge in [-0.1, -0.05) is 32.0 Å². The van der Waals surface area contributed by atoms with Gasteiger partial charge in [-0.25, -0.2) is 13.5 Å². The van der Waals surface area contributed by atoms with E-state index in [0.717, 1.165) is 0 Å². The Morgan fingerprint density at radius 2 is 1.64 bits per heavy atom. The maximum Gasteiger partial charge on any atom is 0.276 e. The molecule has 28 heavy (non-hydrogen) atoms. The Balaban J connectivity index is 1.87. The minimum Gasteiger partial charge on any atom is -0.321 e. The molecule has 2 aromatic carbocycles. The molecule has 1 heterocycles. The van der Waals surface area contributed by atoms with Crippen molar-refractivity contribution < 1.29 is 13.2 Å². The summed E-state index contributed by atoms with van der Waals surface area (Å²) in [5.41, 5.74) is 0.119. The molecular formula is C19H20N4O4S. The number of carbonyl (C=O) groups is 1. The van der Waals surface area contributed by atoms with Crippen molar-refractivity contribution in [3.63, 3.8) is 0 Å². The lowest BCUT2D eigenvalue weighted by Crippen LogP contribution is -2.30. The van der Waals surface area contributed by atoms with Crippen molar-refractivity contribution in [1.82, 2.24) is 14.5 Å². The van der Waals surface area contributed by atoms with E-state index < -0.39 is 15.9 Å². The van der Waals surface area contributed by atoms with Crippen LogP contribution in [0.4, 0.5) is 5.69 Å². The largest absolute Gasteiger partial charge is 0.321 e. The van der Waals surface area contributed by atoms with Gasteiger partial charge in [0.2, 0.25) is 10.0 Å². The molecule has 0 aliphatic rings. The maximum absolute atomic E-state index is 12.6. The van der Waals surface area contributed by atoms with Gasteiger partial charge >= 0.3 is 0 Å². The Bertz CT molecular complexity index is 1170. The molecular weight excluding hydrogens is 380 g/mol. The van der Waals surface area contributed by atoms with E-state index in [2.05, 4.69) is 15.5 Å². The fourth-order valence-electron chi connectivity index (χ4n) is 2.90. The molecule has 0 atom stereocenters. The zero-order valence-electron chi connectivity index (χ0n) is 15.5. The molecule has 0 bridgehead atoms. The Hall–Kier alpha value is -3.04. The number of nitrogens with zero attached hydrogens (tertiary/aromatic N) is 2. The Morgan fingerprint density at radius 1 is 1.04 bits per heavy atom. The van der Waals surface area contributed by atoms with E-state index in [1.165, 1.54) is 28.6 Å². The second-order valence-corrected chi connectivity index (χ2v) is 7.95. The van der Waals surface area contributed by atoms with E-state index in [9.17, 15) is 18.0 Å². The van der Waals surface area contributed by atoms with Crippen LogP contribution in [0.25, 0.3) is 10.8 Å². The van der Waals surface area contributed by atoms with Crippen LogP contribution in [-0.2, 0) is 10.0 Å². The summed E-state index contributed by atoms with van der Waals surface area (Å²) in [6, 6.07) is 12.6. The number of aromatic nitrogens is 2. The van der Waals surface area contributed by atoms with Crippen LogP contribution in [0, 0.1) is 0 Å². The van der Waals surface area contributed by atoms with Crippen molar-refractivity contribution >= 4 is 32.4 Å². The molecule has 9 heteroatoms. The van der Waals surface area contributed by atoms with E-state index in [1.807, 2.05) is 0 Å². The fourth-order valence-corrected chi connectivity index (χ4v) is 4.36. The van der Waals surface area contributed by atoms with Gasteiger partial charge in [0.05, 0.1) is 10.3 Å². The van der Waals surface area contributed by atoms with Crippen LogP contribution in [0.2, 0.25) is 0 Å². The van der Waals surface area contributed by atoms with Gasteiger partial charge in [-0.05, 0) is 30.3 Å². The minimum absolute atomic E-state index is 0.0787. The average molecular weight is 400 g/mol. The Kier molecular flexibility index (Phi) is 5.57. The Labute approximate surface area is 162 Å². The third-order valence-electron chi connectivity index (χ3n) is 4.37. The SMILES string of the molecule is CCN(CC)S(=O)(=O)c1ccc(NC(=O)c2n[nH]c(=O)c3ccccc23)cc1. The molecule has 0 saturated heterocycles. The fraction of sp³-hybridized carbons (Fsp3) is 0.211. The van der Waals surface area contributed by atoms with Crippen molar-refractivity contribution in [1.29, 1.82) is 0 Å². The molecule has 0 radical (unpaired) electrons. The first-order valence-electron chi connectivity index (χ1n) is 8.77. The predicted molar refractivity (Wildman–Crippen MR) is 107 cm³/mol. The van der Waals surface area contributed by atoms with Crippen molar-refractivity contribution in [3.8, 4) is 0 Å². The Morgan fingerprint density at radius 3 is 2.25 bits per heavy atom. The van der Waals surface area contributed by atoms with Gasteiger partial charge in [0, 0.05) is 24.2 Å². The first kappa shape index (κ1) is 19.7. The van der Waals surface area contributed by atoms with E-state index in [1.54, 1.807) is 38.1 Å². The summed E-state index contributed by atoms with van der Waals surface area (Å²) in [6.45, 7) is 4.30. The number of rotatable bonds is 6. The number of benzene rings is 2. The van der Waals surface area contributed by atoms with E-state index in [-0.39, 0.29) is 16.1 Å². The van der Waals surface area contributed by atoms with Crippen LogP contribution >= 0.6 is 0 Å². The number of aromatic amines is 1. The number of fused-ring (bicyclic) bond motifs is 1. The van der Waals surface area contributed by atoms with Crippen LogP contribution in [0.3, 0.4) is 0 Å². The normalized spacial score (nSPS) is 11.7. The zero-order chi connectivity index (χ0) is 20.3. The van der Waals surface area contributed by atoms with Gasteiger partial charge < -0.3 is 5.32 Å². The molecule has 0 saturated carbocycles. The lowest BCUT2D eigenvalue weighted by molar-refractivity contribution is 0.102. The average Bonchev–Trinajstić information content (AvgIpc) is 2.69. The maximum atomic E-state index is 12.6. The molecule has 0 spiro atoms. The molecule has 0 fully saturated rings. The molecule has 1 amide bonds. The highest BCUT2D eigenvalue weighted by atomic mass is 32.2. The van der Waals surface area contributed by atoms with Gasteiger partial charge in [0.25, 0.3) is 11.5 Å². The summed E-state index contributed by atoms with van der Waals surface area (Å²) < 4.78 is 26.4. The number of H-pyrrole nitrogens is 1. The minimum atomic E-state index is -3.56. The van der Waals surface area contributed by atoms with Crippen molar-refractivity contribution in [2.75, 3.05) is 18.4 Å². The first-order chi connectivity index (χ1) is 13.4. The number of amides is 1. The third-order valence-corrected chi connectivity index (χ3v) is 6.43. The predicted octanol–water partition coefficient (Wildman–Crippen LogP) is 2.21. The number of nitrogens with one attached hydrogen (secondary N) is 2. The van der Waals surface area contributed by atoms with E-state index >= 15 is 0 Å². The molecule has 146 valence electrons. The van der Waals surface area contributed by atoms with Crippen LogP contribution in [0.1, 0.15) is 24.3 Å². The summed E-state index contributed by atoms with van der Waals surface area (Å²) in [4.78, 5) is 24.6. The topological polar surface area (TPSA) is 112 Å². The van der Waals surface area contributed by atoms with Crippen molar-refractivity contribution in [2.45, 2.75) is 18.7 Å². The lowest BCUT2D eigenvalue weighted by atomic mass is 10.1. The molecule has 0 aliphatic heterocycles. The van der Waals surface area contributed by atoms with Crippen LogP contribution in [0.5, 0.6) is 0 Å². The zero-order valence-corrected chi connectivity index (χ0v) is 16.3. The monoisotopic (exact) mass is 400 g/mol. The molecule has 2 N–H and O–H groups in total.